The number of alkyl halides is 1. The SMILES string of the molecule is CCn1ccnc1CC(C)(C)CBr. The lowest BCUT2D eigenvalue weighted by Gasteiger charge is -2.21. The summed E-state index contributed by atoms with van der Waals surface area (Å²) in [6.45, 7) is 7.65. The molecule has 0 amide bonds. The van der Waals surface area contributed by atoms with E-state index in [0.717, 1.165) is 18.3 Å². The Labute approximate surface area is 88.5 Å². The predicted octanol–water partition coefficient (Wildman–Crippen LogP) is 2.87. The number of imidazole rings is 1. The monoisotopic (exact) mass is 244 g/mol. The summed E-state index contributed by atoms with van der Waals surface area (Å²) in [4.78, 5) is 4.36. The van der Waals surface area contributed by atoms with Gasteiger partial charge >= 0.3 is 0 Å². The fourth-order valence-corrected chi connectivity index (χ4v) is 1.47. The molecule has 0 aliphatic heterocycles. The number of nitrogens with zero attached hydrogens (tertiary/aromatic N) is 2. The Morgan fingerprint density at radius 1 is 1.54 bits per heavy atom. The Bertz CT molecular complexity index is 266. The third-order valence-electron chi connectivity index (χ3n) is 2.14. The fourth-order valence-electron chi connectivity index (χ4n) is 1.27. The van der Waals surface area contributed by atoms with E-state index in [2.05, 4.69) is 46.3 Å². The van der Waals surface area contributed by atoms with E-state index in [-0.39, 0.29) is 5.41 Å². The highest BCUT2D eigenvalue weighted by Gasteiger charge is 2.19. The van der Waals surface area contributed by atoms with E-state index in [0.29, 0.717) is 0 Å². The second kappa shape index (κ2) is 4.27. The van der Waals surface area contributed by atoms with Gasteiger partial charge in [0.25, 0.3) is 0 Å². The second-order valence-electron chi connectivity index (χ2n) is 4.10. The van der Waals surface area contributed by atoms with Gasteiger partial charge in [-0.1, -0.05) is 29.8 Å². The highest BCUT2D eigenvalue weighted by molar-refractivity contribution is 9.09. The van der Waals surface area contributed by atoms with Crippen LogP contribution >= 0.6 is 15.9 Å². The zero-order valence-electron chi connectivity index (χ0n) is 8.55. The van der Waals surface area contributed by atoms with Gasteiger partial charge < -0.3 is 4.57 Å². The van der Waals surface area contributed by atoms with Gasteiger partial charge in [-0.05, 0) is 12.3 Å². The highest BCUT2D eigenvalue weighted by Crippen LogP contribution is 2.23. The number of aryl methyl sites for hydroxylation is 1. The molecule has 1 aromatic rings. The molecule has 1 rings (SSSR count). The molecule has 0 aliphatic carbocycles. The Morgan fingerprint density at radius 2 is 2.23 bits per heavy atom. The maximum atomic E-state index is 4.36. The number of hydrogen-bond donors (Lipinski definition) is 0. The van der Waals surface area contributed by atoms with Crippen LogP contribution in [-0.4, -0.2) is 14.9 Å². The largest absolute Gasteiger partial charge is 0.335 e. The first-order valence-electron chi connectivity index (χ1n) is 4.65. The van der Waals surface area contributed by atoms with Crippen LogP contribution < -0.4 is 0 Å². The Hall–Kier alpha value is -0.310. The molecule has 0 unspecified atom stereocenters. The molecule has 0 aromatic carbocycles. The molecule has 0 aliphatic rings. The van der Waals surface area contributed by atoms with Gasteiger partial charge in [0.1, 0.15) is 5.82 Å². The van der Waals surface area contributed by atoms with Crippen molar-refractivity contribution < 1.29 is 0 Å². The maximum Gasteiger partial charge on any atom is 0.109 e. The average Bonchev–Trinajstić information content (AvgIpc) is 2.51. The van der Waals surface area contributed by atoms with Crippen molar-refractivity contribution in [2.45, 2.75) is 33.7 Å². The zero-order chi connectivity index (χ0) is 9.90. The Balaban J connectivity index is 2.73. The number of hydrogen-bond acceptors (Lipinski definition) is 1. The summed E-state index contributed by atoms with van der Waals surface area (Å²) in [5, 5.41) is 1.01. The molecule has 13 heavy (non-hydrogen) atoms. The average molecular weight is 245 g/mol. The van der Waals surface area contributed by atoms with E-state index in [9.17, 15) is 0 Å². The molecule has 0 saturated carbocycles. The quantitative estimate of drug-likeness (QED) is 0.746. The van der Waals surface area contributed by atoms with E-state index in [1.807, 2.05) is 12.4 Å². The van der Waals surface area contributed by atoms with Gasteiger partial charge in [-0.25, -0.2) is 4.98 Å². The smallest absolute Gasteiger partial charge is 0.109 e. The van der Waals surface area contributed by atoms with Crippen molar-refractivity contribution >= 4 is 15.9 Å². The highest BCUT2D eigenvalue weighted by atomic mass is 79.9. The lowest BCUT2D eigenvalue weighted by atomic mass is 9.92. The van der Waals surface area contributed by atoms with E-state index in [1.165, 1.54) is 5.82 Å². The molecule has 0 radical (unpaired) electrons. The van der Waals surface area contributed by atoms with Crippen LogP contribution in [-0.2, 0) is 13.0 Å². The molecule has 1 aromatic heterocycles. The fraction of sp³-hybridized carbons (Fsp3) is 0.700. The minimum atomic E-state index is 0.290. The summed E-state index contributed by atoms with van der Waals surface area (Å²) < 4.78 is 2.20. The summed E-state index contributed by atoms with van der Waals surface area (Å²) in [7, 11) is 0. The predicted molar refractivity (Wildman–Crippen MR) is 59.2 cm³/mol. The maximum absolute atomic E-state index is 4.36. The number of aromatic nitrogens is 2. The van der Waals surface area contributed by atoms with Crippen LogP contribution in [0.4, 0.5) is 0 Å². The Morgan fingerprint density at radius 3 is 2.77 bits per heavy atom. The zero-order valence-corrected chi connectivity index (χ0v) is 10.1. The van der Waals surface area contributed by atoms with Gasteiger partial charge in [-0.15, -0.1) is 0 Å². The van der Waals surface area contributed by atoms with Crippen LogP contribution in [0.1, 0.15) is 26.6 Å². The van der Waals surface area contributed by atoms with E-state index >= 15 is 0 Å². The lowest BCUT2D eigenvalue weighted by Crippen LogP contribution is -2.19. The molecule has 0 fully saturated rings. The standard InChI is InChI=1S/C10H17BrN2/c1-4-13-6-5-12-9(13)7-10(2,3)8-11/h5-6H,4,7-8H2,1-3H3. The first kappa shape index (κ1) is 10.8. The van der Waals surface area contributed by atoms with Gasteiger partial charge in [-0.3, -0.25) is 0 Å². The van der Waals surface area contributed by atoms with E-state index in [1.54, 1.807) is 0 Å². The van der Waals surface area contributed by atoms with Crippen LogP contribution in [0.5, 0.6) is 0 Å². The summed E-state index contributed by atoms with van der Waals surface area (Å²) >= 11 is 3.53. The molecular weight excluding hydrogens is 228 g/mol. The molecule has 3 heteroatoms. The third-order valence-corrected chi connectivity index (χ3v) is 3.66. The molecule has 1 heterocycles. The summed E-state index contributed by atoms with van der Waals surface area (Å²) in [6, 6.07) is 0. The number of halogens is 1. The summed E-state index contributed by atoms with van der Waals surface area (Å²) in [5.41, 5.74) is 0.290. The van der Waals surface area contributed by atoms with Crippen molar-refractivity contribution in [1.29, 1.82) is 0 Å². The molecule has 0 saturated heterocycles. The van der Waals surface area contributed by atoms with Gasteiger partial charge in [0.05, 0.1) is 0 Å². The molecule has 74 valence electrons. The molecule has 0 atom stereocenters. The first-order chi connectivity index (χ1) is 6.09. The normalized spacial score (nSPS) is 12.0. The van der Waals surface area contributed by atoms with Gasteiger partial charge in [-0.2, -0.15) is 0 Å². The molecule has 0 bridgehead atoms. The minimum Gasteiger partial charge on any atom is -0.335 e. The lowest BCUT2D eigenvalue weighted by molar-refractivity contribution is 0.405. The molecule has 2 nitrogen and oxygen atoms in total. The van der Waals surface area contributed by atoms with Crippen LogP contribution in [0, 0.1) is 5.41 Å². The van der Waals surface area contributed by atoms with Gasteiger partial charge in [0, 0.05) is 30.7 Å². The van der Waals surface area contributed by atoms with E-state index < -0.39 is 0 Å². The van der Waals surface area contributed by atoms with Gasteiger partial charge in [0.2, 0.25) is 0 Å². The minimum absolute atomic E-state index is 0.290. The molecular formula is C10H17BrN2. The van der Waals surface area contributed by atoms with Crippen LogP contribution in [0.3, 0.4) is 0 Å². The van der Waals surface area contributed by atoms with Crippen molar-refractivity contribution in [2.24, 2.45) is 5.41 Å². The summed E-state index contributed by atoms with van der Waals surface area (Å²) in [6.07, 6.45) is 4.95. The van der Waals surface area contributed by atoms with Crippen molar-refractivity contribution in [2.75, 3.05) is 5.33 Å². The third kappa shape index (κ3) is 2.83. The Kier molecular flexibility index (Phi) is 3.54. The molecule has 0 N–H and O–H groups in total. The summed E-state index contributed by atoms with van der Waals surface area (Å²) in [5.74, 6) is 1.19. The van der Waals surface area contributed by atoms with Crippen molar-refractivity contribution in [3.05, 3.63) is 18.2 Å². The van der Waals surface area contributed by atoms with Gasteiger partial charge in [0.15, 0.2) is 0 Å². The molecule has 0 spiro atoms. The first-order valence-corrected chi connectivity index (χ1v) is 5.77. The van der Waals surface area contributed by atoms with Crippen LogP contribution in [0.15, 0.2) is 12.4 Å². The number of rotatable bonds is 4. The van der Waals surface area contributed by atoms with Crippen molar-refractivity contribution in [3.8, 4) is 0 Å². The second-order valence-corrected chi connectivity index (χ2v) is 4.66. The topological polar surface area (TPSA) is 17.8 Å². The van der Waals surface area contributed by atoms with E-state index in [4.69, 9.17) is 0 Å². The van der Waals surface area contributed by atoms with Crippen molar-refractivity contribution in [3.63, 3.8) is 0 Å². The van der Waals surface area contributed by atoms with Crippen LogP contribution in [0.25, 0.3) is 0 Å². The van der Waals surface area contributed by atoms with Crippen molar-refractivity contribution in [1.82, 2.24) is 9.55 Å². The van der Waals surface area contributed by atoms with Crippen LogP contribution in [0.2, 0.25) is 0 Å².